The summed E-state index contributed by atoms with van der Waals surface area (Å²) in [6.45, 7) is 5.66. The zero-order chi connectivity index (χ0) is 12.3. The first-order valence-corrected chi connectivity index (χ1v) is 5.00. The second kappa shape index (κ2) is 4.55. The van der Waals surface area contributed by atoms with E-state index in [1.54, 1.807) is 19.3 Å². The predicted molar refractivity (Wildman–Crippen MR) is 56.3 cm³/mol. The first-order chi connectivity index (χ1) is 7.48. The molecule has 0 N–H and O–H groups in total. The predicted octanol–water partition coefficient (Wildman–Crippen LogP) is 3.69. The van der Waals surface area contributed by atoms with Gasteiger partial charge in [0.25, 0.3) is 0 Å². The standard InChI is InChI=1S/C9H7F3N2.C2H6/c1-6-5-14-4-2-3-7(8(14)13-6)9(10,11)12;1-2/h2-5H,1H3;1-2H3. The minimum absolute atomic E-state index is 0.0440. The maximum Gasteiger partial charge on any atom is 0.419 e. The Bertz CT molecular complexity index is 472. The van der Waals surface area contributed by atoms with Crippen LogP contribution in [0.4, 0.5) is 13.2 Å². The Hall–Kier alpha value is -1.52. The summed E-state index contributed by atoms with van der Waals surface area (Å²) in [5, 5.41) is 0. The Labute approximate surface area is 91.7 Å². The molecule has 2 aromatic rings. The topological polar surface area (TPSA) is 17.3 Å². The molecule has 16 heavy (non-hydrogen) atoms. The number of aryl methyl sites for hydroxylation is 1. The maximum absolute atomic E-state index is 12.5. The van der Waals surface area contributed by atoms with E-state index >= 15 is 0 Å². The van der Waals surface area contributed by atoms with Gasteiger partial charge in [0.05, 0.1) is 11.3 Å². The van der Waals surface area contributed by atoms with Gasteiger partial charge in [-0.05, 0) is 19.1 Å². The Morgan fingerprint density at radius 2 is 1.88 bits per heavy atom. The quantitative estimate of drug-likeness (QED) is 0.674. The summed E-state index contributed by atoms with van der Waals surface area (Å²) in [5.41, 5.74) is -0.174. The molecule has 0 saturated carbocycles. The summed E-state index contributed by atoms with van der Waals surface area (Å²) in [5.74, 6) is 0. The summed E-state index contributed by atoms with van der Waals surface area (Å²) in [4.78, 5) is 3.82. The molecule has 0 radical (unpaired) electrons. The van der Waals surface area contributed by atoms with Crippen LogP contribution in [-0.4, -0.2) is 9.38 Å². The van der Waals surface area contributed by atoms with E-state index in [2.05, 4.69) is 4.98 Å². The molecule has 0 aliphatic rings. The van der Waals surface area contributed by atoms with E-state index in [1.165, 1.54) is 10.5 Å². The highest BCUT2D eigenvalue weighted by molar-refractivity contribution is 5.50. The van der Waals surface area contributed by atoms with Crippen LogP contribution in [-0.2, 0) is 6.18 Å². The minimum atomic E-state index is -4.35. The van der Waals surface area contributed by atoms with Crippen molar-refractivity contribution in [3.05, 3.63) is 35.8 Å². The van der Waals surface area contributed by atoms with Crippen LogP contribution in [0.5, 0.6) is 0 Å². The molecule has 2 heterocycles. The number of halogens is 3. The maximum atomic E-state index is 12.5. The second-order valence-corrected chi connectivity index (χ2v) is 3.03. The molecule has 0 aromatic carbocycles. The van der Waals surface area contributed by atoms with E-state index in [0.29, 0.717) is 5.69 Å². The zero-order valence-corrected chi connectivity index (χ0v) is 9.34. The highest BCUT2D eigenvalue weighted by Crippen LogP contribution is 2.31. The molecule has 0 saturated heterocycles. The fourth-order valence-electron chi connectivity index (χ4n) is 1.36. The zero-order valence-electron chi connectivity index (χ0n) is 9.34. The lowest BCUT2D eigenvalue weighted by molar-refractivity contribution is -0.136. The third-order valence-corrected chi connectivity index (χ3v) is 1.91. The SMILES string of the molecule is CC.Cc1cn2cccc(C(F)(F)F)c2n1. The number of hydrogen-bond donors (Lipinski definition) is 0. The van der Waals surface area contributed by atoms with Gasteiger partial charge < -0.3 is 4.40 Å². The molecular formula is C11H13F3N2. The van der Waals surface area contributed by atoms with Gasteiger partial charge in [-0.15, -0.1) is 0 Å². The third kappa shape index (κ3) is 2.35. The van der Waals surface area contributed by atoms with E-state index in [0.717, 1.165) is 6.07 Å². The van der Waals surface area contributed by atoms with E-state index in [1.807, 2.05) is 13.8 Å². The van der Waals surface area contributed by atoms with Crippen molar-refractivity contribution in [2.24, 2.45) is 0 Å². The Balaban J connectivity index is 0.000000606. The van der Waals surface area contributed by atoms with Crippen molar-refractivity contribution in [1.29, 1.82) is 0 Å². The molecule has 0 atom stereocenters. The van der Waals surface area contributed by atoms with Crippen LogP contribution in [0, 0.1) is 6.92 Å². The van der Waals surface area contributed by atoms with Crippen molar-refractivity contribution in [2.75, 3.05) is 0 Å². The van der Waals surface area contributed by atoms with Crippen molar-refractivity contribution in [2.45, 2.75) is 26.9 Å². The normalized spacial score (nSPS) is 11.1. The van der Waals surface area contributed by atoms with Gasteiger partial charge in [0.15, 0.2) is 0 Å². The van der Waals surface area contributed by atoms with Crippen LogP contribution in [0.25, 0.3) is 5.65 Å². The number of pyridine rings is 1. The van der Waals surface area contributed by atoms with Crippen LogP contribution in [0.1, 0.15) is 25.1 Å². The van der Waals surface area contributed by atoms with Crippen LogP contribution in [0.3, 0.4) is 0 Å². The van der Waals surface area contributed by atoms with Gasteiger partial charge in [0.1, 0.15) is 5.65 Å². The van der Waals surface area contributed by atoms with Gasteiger partial charge in [-0.1, -0.05) is 13.8 Å². The van der Waals surface area contributed by atoms with E-state index in [4.69, 9.17) is 0 Å². The van der Waals surface area contributed by atoms with Crippen LogP contribution < -0.4 is 0 Å². The van der Waals surface area contributed by atoms with Crippen molar-refractivity contribution in [3.8, 4) is 0 Å². The number of nitrogens with zero attached hydrogens (tertiary/aromatic N) is 2. The average molecular weight is 230 g/mol. The van der Waals surface area contributed by atoms with Gasteiger partial charge in [-0.2, -0.15) is 13.2 Å². The fourth-order valence-corrected chi connectivity index (χ4v) is 1.36. The molecule has 88 valence electrons. The largest absolute Gasteiger partial charge is 0.419 e. The molecule has 0 aliphatic heterocycles. The monoisotopic (exact) mass is 230 g/mol. The molecule has 0 fully saturated rings. The molecule has 0 unspecified atom stereocenters. The lowest BCUT2D eigenvalue weighted by Gasteiger charge is -2.06. The number of aromatic nitrogens is 2. The molecule has 2 rings (SSSR count). The second-order valence-electron chi connectivity index (χ2n) is 3.03. The lowest BCUT2D eigenvalue weighted by atomic mass is 10.2. The van der Waals surface area contributed by atoms with Gasteiger partial charge >= 0.3 is 6.18 Å². The third-order valence-electron chi connectivity index (χ3n) is 1.91. The minimum Gasteiger partial charge on any atom is -0.306 e. The number of fused-ring (bicyclic) bond motifs is 1. The first-order valence-electron chi connectivity index (χ1n) is 5.00. The van der Waals surface area contributed by atoms with Crippen molar-refractivity contribution in [3.63, 3.8) is 0 Å². The molecule has 2 aromatic heterocycles. The Kier molecular flexibility index (Phi) is 3.57. The average Bonchev–Trinajstić information content (AvgIpc) is 2.58. The summed E-state index contributed by atoms with van der Waals surface area (Å²) >= 11 is 0. The summed E-state index contributed by atoms with van der Waals surface area (Å²) in [6, 6.07) is 2.39. The van der Waals surface area contributed by atoms with Crippen LogP contribution >= 0.6 is 0 Å². The smallest absolute Gasteiger partial charge is 0.306 e. The van der Waals surface area contributed by atoms with Gasteiger partial charge in [-0.3, -0.25) is 0 Å². The van der Waals surface area contributed by atoms with Gasteiger partial charge in [-0.25, -0.2) is 4.98 Å². The van der Waals surface area contributed by atoms with Crippen molar-refractivity contribution in [1.82, 2.24) is 9.38 Å². The molecule has 0 amide bonds. The summed E-state index contributed by atoms with van der Waals surface area (Å²) < 4.78 is 38.8. The van der Waals surface area contributed by atoms with E-state index in [-0.39, 0.29) is 5.65 Å². The number of imidazole rings is 1. The van der Waals surface area contributed by atoms with E-state index < -0.39 is 11.7 Å². The molecule has 2 nitrogen and oxygen atoms in total. The Morgan fingerprint density at radius 3 is 2.44 bits per heavy atom. The molecular weight excluding hydrogens is 217 g/mol. The fraction of sp³-hybridized carbons (Fsp3) is 0.364. The molecule has 0 spiro atoms. The van der Waals surface area contributed by atoms with Crippen molar-refractivity contribution < 1.29 is 13.2 Å². The lowest BCUT2D eigenvalue weighted by Crippen LogP contribution is -2.07. The van der Waals surface area contributed by atoms with Gasteiger partial charge in [0, 0.05) is 12.4 Å². The summed E-state index contributed by atoms with van der Waals surface area (Å²) in [7, 11) is 0. The van der Waals surface area contributed by atoms with Gasteiger partial charge in [0.2, 0.25) is 0 Å². The van der Waals surface area contributed by atoms with Crippen LogP contribution in [0.2, 0.25) is 0 Å². The molecule has 0 bridgehead atoms. The van der Waals surface area contributed by atoms with E-state index in [9.17, 15) is 13.2 Å². The number of rotatable bonds is 0. The van der Waals surface area contributed by atoms with Crippen molar-refractivity contribution >= 4 is 5.65 Å². The summed E-state index contributed by atoms with van der Waals surface area (Å²) in [6.07, 6.45) is -1.24. The molecule has 0 aliphatic carbocycles. The highest BCUT2D eigenvalue weighted by atomic mass is 19.4. The highest BCUT2D eigenvalue weighted by Gasteiger charge is 2.33. The number of alkyl halides is 3. The first kappa shape index (κ1) is 12.5. The molecule has 5 heteroatoms. The Morgan fingerprint density at radius 1 is 1.25 bits per heavy atom. The number of hydrogen-bond acceptors (Lipinski definition) is 1. The van der Waals surface area contributed by atoms with Crippen LogP contribution in [0.15, 0.2) is 24.5 Å².